The molecule has 0 amide bonds. The predicted octanol–water partition coefficient (Wildman–Crippen LogP) is 1.84. The normalized spacial score (nSPS) is 12.5. The minimum atomic E-state index is -1.10. The monoisotopic (exact) mass is 240 g/mol. The van der Waals surface area contributed by atoms with E-state index in [0.717, 1.165) is 18.2 Å². The number of halogens is 2. The highest BCUT2D eigenvalue weighted by atomic mass is 19.1. The van der Waals surface area contributed by atoms with Crippen molar-refractivity contribution in [1.29, 1.82) is 5.26 Å². The number of hydrogen-bond acceptors (Lipinski definition) is 3. The van der Waals surface area contributed by atoms with Crippen molar-refractivity contribution in [3.8, 4) is 6.07 Å². The average Bonchev–Trinajstić information content (AvgIpc) is 2.29. The summed E-state index contributed by atoms with van der Waals surface area (Å²) >= 11 is 0. The molecule has 1 aromatic rings. The number of aliphatic hydroxyl groups excluding tert-OH is 1. The highest BCUT2D eigenvalue weighted by Crippen LogP contribution is 2.19. The largest absolute Gasteiger partial charge is 0.387 e. The molecule has 0 radical (unpaired) electrons. The highest BCUT2D eigenvalue weighted by molar-refractivity contribution is 5.21. The van der Waals surface area contributed by atoms with Gasteiger partial charge < -0.3 is 10.0 Å². The molecule has 0 fully saturated rings. The lowest BCUT2D eigenvalue weighted by molar-refractivity contribution is 0.124. The summed E-state index contributed by atoms with van der Waals surface area (Å²) in [6.45, 7) is 0.631. The van der Waals surface area contributed by atoms with Crippen molar-refractivity contribution >= 4 is 0 Å². The molecule has 0 aliphatic rings. The summed E-state index contributed by atoms with van der Waals surface area (Å²) in [5, 5.41) is 18.2. The number of nitrogens with zero attached hydrogens (tertiary/aromatic N) is 2. The second-order valence-corrected chi connectivity index (χ2v) is 3.85. The van der Waals surface area contributed by atoms with Crippen LogP contribution in [0.5, 0.6) is 0 Å². The zero-order valence-electron chi connectivity index (χ0n) is 9.53. The first-order valence-electron chi connectivity index (χ1n) is 5.23. The third-order valence-electron chi connectivity index (χ3n) is 2.41. The van der Waals surface area contributed by atoms with Crippen molar-refractivity contribution in [2.24, 2.45) is 0 Å². The third-order valence-corrected chi connectivity index (χ3v) is 2.41. The molecule has 0 aliphatic heterocycles. The van der Waals surface area contributed by atoms with E-state index >= 15 is 0 Å². The topological polar surface area (TPSA) is 47.3 Å². The lowest BCUT2D eigenvalue weighted by atomic mass is 10.1. The first kappa shape index (κ1) is 13.6. The Balaban J connectivity index is 2.66. The third kappa shape index (κ3) is 4.10. The summed E-state index contributed by atoms with van der Waals surface area (Å²) < 4.78 is 26.2. The summed E-state index contributed by atoms with van der Waals surface area (Å²) in [7, 11) is 1.71. The van der Waals surface area contributed by atoms with Crippen LogP contribution in [0.1, 0.15) is 18.1 Å². The number of aliphatic hydroxyl groups is 1. The van der Waals surface area contributed by atoms with E-state index in [2.05, 4.69) is 0 Å². The maximum atomic E-state index is 13.3. The van der Waals surface area contributed by atoms with Gasteiger partial charge in [-0.05, 0) is 25.2 Å². The number of nitriles is 1. The van der Waals surface area contributed by atoms with E-state index in [1.165, 1.54) is 0 Å². The molecule has 1 rings (SSSR count). The van der Waals surface area contributed by atoms with Crippen molar-refractivity contribution in [3.63, 3.8) is 0 Å². The zero-order valence-corrected chi connectivity index (χ0v) is 9.53. The Morgan fingerprint density at radius 1 is 1.47 bits per heavy atom. The van der Waals surface area contributed by atoms with Crippen LogP contribution in [0.2, 0.25) is 0 Å². The molecule has 17 heavy (non-hydrogen) atoms. The van der Waals surface area contributed by atoms with Crippen molar-refractivity contribution in [1.82, 2.24) is 4.90 Å². The van der Waals surface area contributed by atoms with Crippen LogP contribution in [-0.2, 0) is 0 Å². The molecular weight excluding hydrogens is 226 g/mol. The van der Waals surface area contributed by atoms with E-state index in [4.69, 9.17) is 5.26 Å². The van der Waals surface area contributed by atoms with Crippen LogP contribution in [0.15, 0.2) is 18.2 Å². The molecule has 3 nitrogen and oxygen atoms in total. The van der Waals surface area contributed by atoms with Crippen LogP contribution < -0.4 is 0 Å². The van der Waals surface area contributed by atoms with Crippen molar-refractivity contribution < 1.29 is 13.9 Å². The minimum absolute atomic E-state index is 0.0613. The number of hydrogen-bond donors (Lipinski definition) is 1. The van der Waals surface area contributed by atoms with E-state index in [-0.39, 0.29) is 12.1 Å². The second-order valence-electron chi connectivity index (χ2n) is 3.85. The predicted molar refractivity (Wildman–Crippen MR) is 59.0 cm³/mol. The molecule has 1 aromatic carbocycles. The Morgan fingerprint density at radius 2 is 2.18 bits per heavy atom. The van der Waals surface area contributed by atoms with Crippen LogP contribution >= 0.6 is 0 Å². The van der Waals surface area contributed by atoms with Gasteiger partial charge in [0.1, 0.15) is 11.6 Å². The van der Waals surface area contributed by atoms with Crippen LogP contribution in [0.4, 0.5) is 8.78 Å². The fourth-order valence-corrected chi connectivity index (χ4v) is 1.50. The Bertz CT molecular complexity index is 417. The maximum Gasteiger partial charge on any atom is 0.129 e. The van der Waals surface area contributed by atoms with Gasteiger partial charge in [0.05, 0.1) is 12.2 Å². The smallest absolute Gasteiger partial charge is 0.129 e. The standard InChI is InChI=1S/C12H14F2N2O/c1-16(6-2-5-15)8-12(17)10-7-9(13)3-4-11(10)14/h3-4,7,12,17H,2,6,8H2,1H3. The molecule has 0 aliphatic carbocycles. The summed E-state index contributed by atoms with van der Waals surface area (Å²) in [5.41, 5.74) is -0.0613. The fourth-order valence-electron chi connectivity index (χ4n) is 1.50. The number of rotatable bonds is 5. The molecule has 1 N–H and O–H groups in total. The molecule has 0 spiro atoms. The van der Waals surface area contributed by atoms with Gasteiger partial charge in [-0.1, -0.05) is 0 Å². The van der Waals surface area contributed by atoms with Gasteiger partial charge in [-0.25, -0.2) is 8.78 Å². The molecule has 0 aromatic heterocycles. The van der Waals surface area contributed by atoms with E-state index in [1.807, 2.05) is 6.07 Å². The van der Waals surface area contributed by atoms with Gasteiger partial charge in [-0.2, -0.15) is 5.26 Å². The molecule has 92 valence electrons. The molecule has 0 heterocycles. The summed E-state index contributed by atoms with van der Waals surface area (Å²) in [5.74, 6) is -1.22. The van der Waals surface area contributed by atoms with Gasteiger partial charge in [0.25, 0.3) is 0 Å². The van der Waals surface area contributed by atoms with Gasteiger partial charge in [0, 0.05) is 25.1 Å². The minimum Gasteiger partial charge on any atom is -0.387 e. The van der Waals surface area contributed by atoms with E-state index in [1.54, 1.807) is 11.9 Å². The average molecular weight is 240 g/mol. The molecule has 0 bridgehead atoms. The van der Waals surface area contributed by atoms with Gasteiger partial charge >= 0.3 is 0 Å². The Labute approximate surface area is 98.9 Å². The zero-order chi connectivity index (χ0) is 12.8. The van der Waals surface area contributed by atoms with Crippen LogP contribution in [0.3, 0.4) is 0 Å². The first-order chi connectivity index (χ1) is 8.04. The number of likely N-dealkylation sites (N-methyl/N-ethyl adjacent to an activating group) is 1. The molecule has 5 heteroatoms. The van der Waals surface area contributed by atoms with Crippen molar-refractivity contribution in [2.75, 3.05) is 20.1 Å². The van der Waals surface area contributed by atoms with E-state index < -0.39 is 17.7 Å². The molecular formula is C12H14F2N2O. The highest BCUT2D eigenvalue weighted by Gasteiger charge is 2.15. The first-order valence-corrected chi connectivity index (χ1v) is 5.23. The van der Waals surface area contributed by atoms with Gasteiger partial charge in [-0.15, -0.1) is 0 Å². The molecule has 1 atom stereocenters. The summed E-state index contributed by atoms with van der Waals surface area (Å²) in [6.07, 6.45) is -0.774. The van der Waals surface area contributed by atoms with Gasteiger partial charge in [0.15, 0.2) is 0 Å². The van der Waals surface area contributed by atoms with Crippen molar-refractivity contribution in [2.45, 2.75) is 12.5 Å². The Kier molecular flexibility index (Phi) is 5.01. The Morgan fingerprint density at radius 3 is 2.82 bits per heavy atom. The maximum absolute atomic E-state index is 13.3. The molecule has 0 saturated carbocycles. The molecule has 0 saturated heterocycles. The van der Waals surface area contributed by atoms with Crippen molar-refractivity contribution in [3.05, 3.63) is 35.4 Å². The number of benzene rings is 1. The SMILES string of the molecule is CN(CCC#N)CC(O)c1cc(F)ccc1F. The molecule has 1 unspecified atom stereocenters. The Hall–Kier alpha value is -1.51. The summed E-state index contributed by atoms with van der Waals surface area (Å²) in [4.78, 5) is 1.69. The van der Waals surface area contributed by atoms with E-state index in [9.17, 15) is 13.9 Å². The van der Waals surface area contributed by atoms with E-state index in [0.29, 0.717) is 13.0 Å². The van der Waals surface area contributed by atoms with Gasteiger partial charge in [0.2, 0.25) is 0 Å². The van der Waals surface area contributed by atoms with Gasteiger partial charge in [-0.3, -0.25) is 0 Å². The lowest BCUT2D eigenvalue weighted by Gasteiger charge is -2.20. The summed E-state index contributed by atoms with van der Waals surface area (Å²) in [6, 6.07) is 4.95. The van der Waals surface area contributed by atoms with Crippen LogP contribution in [0.25, 0.3) is 0 Å². The van der Waals surface area contributed by atoms with Crippen LogP contribution in [-0.4, -0.2) is 30.1 Å². The van der Waals surface area contributed by atoms with Crippen LogP contribution in [0, 0.1) is 23.0 Å². The fraction of sp³-hybridized carbons (Fsp3) is 0.417. The lowest BCUT2D eigenvalue weighted by Crippen LogP contribution is -2.26. The quantitative estimate of drug-likeness (QED) is 0.854. The second kappa shape index (κ2) is 6.28.